The van der Waals surface area contributed by atoms with Gasteiger partial charge in [-0.05, 0) is 36.7 Å². The first-order valence-corrected chi connectivity index (χ1v) is 8.49. The van der Waals surface area contributed by atoms with Crippen LogP contribution >= 0.6 is 8.20 Å². The Kier molecular flexibility index (Phi) is 10.4. The fraction of sp³-hybridized carbons (Fsp3) is 0.278. The standard InChI is InChI=1S/C14H8F6N.C4H7O2P.Ir/c1-8-2-3-21-12(4-8)9-5-10(13(15,16)17)7-11(6-9)14(18,19)20;1-3(5)7-4(2)6;/h2-5,7H,1H3;5H,1-2H3;/q-1;;. The molecular formula is C18H15F6IrNO2P-. The molecule has 0 saturated carbocycles. The Hall–Kier alpha value is -1.60. The van der Waals surface area contributed by atoms with E-state index in [-0.39, 0.29) is 48.4 Å². The molecular weight excluding hydrogens is 599 g/mol. The average molecular weight is 615 g/mol. The zero-order chi connectivity index (χ0) is 21.7. The van der Waals surface area contributed by atoms with E-state index in [2.05, 4.69) is 4.98 Å². The van der Waals surface area contributed by atoms with Crippen molar-refractivity contribution in [2.45, 2.75) is 33.1 Å². The van der Waals surface area contributed by atoms with Gasteiger partial charge in [-0.25, -0.2) is 0 Å². The Morgan fingerprint density at radius 1 is 1.07 bits per heavy atom. The van der Waals surface area contributed by atoms with Crippen molar-refractivity contribution < 1.29 is 56.3 Å². The van der Waals surface area contributed by atoms with Gasteiger partial charge in [0.05, 0.1) is 5.48 Å². The van der Waals surface area contributed by atoms with Crippen LogP contribution in [0.2, 0.25) is 0 Å². The molecule has 0 fully saturated rings. The molecule has 1 aromatic carbocycles. The number of hydrogen-bond donors (Lipinski definition) is 1. The maximum Gasteiger partial charge on any atom is 0.399 e. The van der Waals surface area contributed by atoms with Crippen LogP contribution in [0.4, 0.5) is 26.3 Å². The summed E-state index contributed by atoms with van der Waals surface area (Å²) >= 11 is 0. The molecule has 3 nitrogen and oxygen atoms in total. The first-order valence-electron chi connectivity index (χ1n) is 7.59. The number of hydrogen-bond acceptors (Lipinski definition) is 2. The summed E-state index contributed by atoms with van der Waals surface area (Å²) in [6.07, 6.45) is -8.49. The summed E-state index contributed by atoms with van der Waals surface area (Å²) in [6, 6.07) is 5.58. The fourth-order valence-electron chi connectivity index (χ4n) is 1.94. The van der Waals surface area contributed by atoms with Crippen molar-refractivity contribution in [2.75, 3.05) is 0 Å². The quantitative estimate of drug-likeness (QED) is 0.261. The number of aliphatic hydroxyl groups excluding tert-OH is 1. The van der Waals surface area contributed by atoms with Crippen molar-refractivity contribution in [2.24, 2.45) is 0 Å². The van der Waals surface area contributed by atoms with Gasteiger partial charge < -0.3 is 10.1 Å². The number of alkyl halides is 6. The average Bonchev–Trinajstić information content (AvgIpc) is 2.52. The number of halogens is 6. The fourth-order valence-corrected chi connectivity index (χ4v) is 2.39. The van der Waals surface area contributed by atoms with Crippen molar-refractivity contribution in [1.29, 1.82) is 0 Å². The number of aromatic nitrogens is 1. The third-order valence-electron chi connectivity index (χ3n) is 3.01. The number of aliphatic hydroxyl groups is 1. The van der Waals surface area contributed by atoms with E-state index in [1.807, 2.05) is 6.07 Å². The SMILES string of the molecule is CC(=O)P=C(C)O.Cc1ccnc(-c2[c-]c(C(F)(F)F)cc(C(F)(F)F)c2)c1.[Ir]. The predicted octanol–water partition coefficient (Wildman–Crippen LogP) is 5.89. The van der Waals surface area contributed by atoms with Crippen LogP contribution in [0.25, 0.3) is 11.3 Å². The second-order valence-electron chi connectivity index (χ2n) is 5.59. The number of carbonyl (C=O) groups is 1. The van der Waals surface area contributed by atoms with Gasteiger partial charge in [-0.15, -0.1) is 23.8 Å². The van der Waals surface area contributed by atoms with Crippen LogP contribution in [-0.2, 0) is 37.3 Å². The Bertz CT molecular complexity index is 845. The van der Waals surface area contributed by atoms with Crippen LogP contribution in [-0.4, -0.2) is 21.1 Å². The summed E-state index contributed by atoms with van der Waals surface area (Å²) in [5.41, 5.74) is -2.40. The van der Waals surface area contributed by atoms with Crippen molar-refractivity contribution in [1.82, 2.24) is 4.98 Å². The molecule has 0 saturated heterocycles. The zero-order valence-electron chi connectivity index (χ0n) is 15.2. The van der Waals surface area contributed by atoms with Gasteiger partial charge in [-0.3, -0.25) is 4.79 Å². The molecule has 0 bridgehead atoms. The summed E-state index contributed by atoms with van der Waals surface area (Å²) < 4.78 is 76.3. The molecule has 1 radical (unpaired) electrons. The monoisotopic (exact) mass is 615 g/mol. The second-order valence-corrected chi connectivity index (χ2v) is 7.09. The van der Waals surface area contributed by atoms with E-state index in [9.17, 15) is 31.1 Å². The number of benzene rings is 1. The second kappa shape index (κ2) is 11.0. The van der Waals surface area contributed by atoms with E-state index in [1.165, 1.54) is 26.1 Å². The van der Waals surface area contributed by atoms with Crippen LogP contribution in [0.1, 0.15) is 30.5 Å². The van der Waals surface area contributed by atoms with E-state index in [1.54, 1.807) is 13.0 Å². The number of carbonyl (C=O) groups excluding carboxylic acids is 1. The molecule has 0 atom stereocenters. The van der Waals surface area contributed by atoms with Gasteiger partial charge in [0.15, 0.2) is 5.52 Å². The molecule has 161 valence electrons. The third kappa shape index (κ3) is 9.63. The maximum atomic E-state index is 12.7. The number of rotatable bonds is 2. The van der Waals surface area contributed by atoms with Crippen LogP contribution in [0.5, 0.6) is 0 Å². The van der Waals surface area contributed by atoms with E-state index >= 15 is 0 Å². The van der Waals surface area contributed by atoms with Gasteiger partial charge in [0.1, 0.15) is 0 Å². The summed E-state index contributed by atoms with van der Waals surface area (Å²) in [5.74, 6) is 0. The largest absolute Gasteiger partial charge is 0.399 e. The Morgan fingerprint density at radius 3 is 2.03 bits per heavy atom. The van der Waals surface area contributed by atoms with Crippen LogP contribution in [0.3, 0.4) is 0 Å². The summed E-state index contributed by atoms with van der Waals surface area (Å²) in [7, 11) is 0.410. The normalized spacial score (nSPS) is 11.9. The van der Waals surface area contributed by atoms with Gasteiger partial charge in [-0.1, -0.05) is 11.6 Å². The molecule has 2 rings (SSSR count). The third-order valence-corrected chi connectivity index (χ3v) is 3.65. The molecule has 0 aliphatic rings. The first kappa shape index (κ1) is 27.4. The maximum absolute atomic E-state index is 12.7. The molecule has 0 unspecified atom stereocenters. The van der Waals surface area contributed by atoms with Crippen molar-refractivity contribution in [3.8, 4) is 11.3 Å². The molecule has 2 aromatic rings. The van der Waals surface area contributed by atoms with Gasteiger partial charge in [0, 0.05) is 41.4 Å². The molecule has 0 amide bonds. The van der Waals surface area contributed by atoms with Gasteiger partial charge in [0.2, 0.25) is 0 Å². The Morgan fingerprint density at radius 2 is 1.66 bits per heavy atom. The minimum atomic E-state index is -4.92. The van der Waals surface area contributed by atoms with Crippen molar-refractivity contribution in [3.05, 3.63) is 53.2 Å². The van der Waals surface area contributed by atoms with Crippen molar-refractivity contribution in [3.63, 3.8) is 0 Å². The summed E-state index contributed by atoms with van der Waals surface area (Å²) in [5, 5.41) is 8.41. The topological polar surface area (TPSA) is 50.2 Å². The summed E-state index contributed by atoms with van der Waals surface area (Å²) in [4.78, 5) is 13.9. The molecule has 11 heteroatoms. The molecule has 29 heavy (non-hydrogen) atoms. The molecule has 0 aliphatic carbocycles. The Labute approximate surface area is 178 Å². The zero-order valence-corrected chi connectivity index (χ0v) is 18.5. The van der Waals surface area contributed by atoms with Gasteiger partial charge >= 0.3 is 12.4 Å². The van der Waals surface area contributed by atoms with Crippen LogP contribution in [0.15, 0.2) is 30.5 Å². The number of pyridine rings is 1. The summed E-state index contributed by atoms with van der Waals surface area (Å²) in [6.45, 7) is 4.59. The van der Waals surface area contributed by atoms with Gasteiger partial charge in [0.25, 0.3) is 0 Å². The van der Waals surface area contributed by atoms with Crippen LogP contribution in [0, 0.1) is 13.0 Å². The molecule has 0 spiro atoms. The molecule has 1 N–H and O–H groups in total. The molecule has 1 heterocycles. The first-order chi connectivity index (χ1) is 12.7. The smallest absolute Gasteiger partial charge is 0.361 e. The van der Waals surface area contributed by atoms with E-state index in [4.69, 9.17) is 5.11 Å². The van der Waals surface area contributed by atoms with E-state index in [0.29, 0.717) is 19.8 Å². The minimum absolute atomic E-state index is 0. The molecule has 1 aromatic heterocycles. The van der Waals surface area contributed by atoms with E-state index < -0.39 is 23.5 Å². The predicted molar refractivity (Wildman–Crippen MR) is 93.5 cm³/mol. The Balaban J connectivity index is 0.000000846. The number of aryl methyl sites for hydroxylation is 1. The van der Waals surface area contributed by atoms with Crippen molar-refractivity contribution >= 4 is 19.2 Å². The van der Waals surface area contributed by atoms with Gasteiger partial charge in [-0.2, -0.15) is 26.3 Å². The number of nitrogens with zero attached hydrogens (tertiary/aromatic N) is 1. The van der Waals surface area contributed by atoms with Crippen LogP contribution < -0.4 is 0 Å². The molecule has 0 aliphatic heterocycles. The minimum Gasteiger partial charge on any atom is -0.361 e. The van der Waals surface area contributed by atoms with E-state index in [0.717, 1.165) is 0 Å².